The number of aryl methyl sites for hydroxylation is 1. The lowest BCUT2D eigenvalue weighted by molar-refractivity contribution is 0.155. The van der Waals surface area contributed by atoms with Gasteiger partial charge in [0.25, 0.3) is 0 Å². The predicted molar refractivity (Wildman–Crippen MR) is 74.2 cm³/mol. The van der Waals surface area contributed by atoms with Gasteiger partial charge in [-0.15, -0.1) is 0 Å². The van der Waals surface area contributed by atoms with Crippen LogP contribution in [-0.2, 0) is 12.8 Å². The van der Waals surface area contributed by atoms with Crippen LogP contribution in [0.2, 0.25) is 0 Å². The Morgan fingerprint density at radius 2 is 2.37 bits per heavy atom. The average Bonchev–Trinajstić information content (AvgIpc) is 2.96. The second kappa shape index (κ2) is 4.89. The van der Waals surface area contributed by atoms with Crippen molar-refractivity contribution in [3.8, 4) is 0 Å². The van der Waals surface area contributed by atoms with Crippen LogP contribution in [0.1, 0.15) is 54.6 Å². The van der Waals surface area contributed by atoms with Crippen LogP contribution in [0, 0.1) is 6.92 Å². The molecule has 0 spiro atoms. The molecule has 0 aliphatic heterocycles. The minimum atomic E-state index is -0.278. The van der Waals surface area contributed by atoms with E-state index in [1.807, 2.05) is 12.1 Å². The molecule has 0 saturated carbocycles. The maximum atomic E-state index is 10.1. The molecule has 1 aliphatic rings. The Balaban J connectivity index is 1.92. The van der Waals surface area contributed by atoms with Crippen LogP contribution in [0.5, 0.6) is 0 Å². The van der Waals surface area contributed by atoms with E-state index in [0.29, 0.717) is 6.04 Å². The molecule has 3 heteroatoms. The topological polar surface area (TPSA) is 38.3 Å². The van der Waals surface area contributed by atoms with E-state index in [1.165, 1.54) is 11.4 Å². The van der Waals surface area contributed by atoms with Crippen molar-refractivity contribution in [2.75, 3.05) is 0 Å². The molecule has 1 N–H and O–H groups in total. The highest BCUT2D eigenvalue weighted by Gasteiger charge is 2.25. The van der Waals surface area contributed by atoms with E-state index < -0.39 is 0 Å². The zero-order valence-corrected chi connectivity index (χ0v) is 11.6. The van der Waals surface area contributed by atoms with Gasteiger partial charge in [0.15, 0.2) is 0 Å². The molecule has 3 rings (SSSR count). The summed E-state index contributed by atoms with van der Waals surface area (Å²) in [5, 5.41) is 10.1. The van der Waals surface area contributed by atoms with Gasteiger partial charge in [0.05, 0.1) is 12.4 Å². The molecule has 0 bridgehead atoms. The zero-order valence-electron chi connectivity index (χ0n) is 11.6. The van der Waals surface area contributed by atoms with Gasteiger partial charge in [-0.2, -0.15) is 0 Å². The van der Waals surface area contributed by atoms with Gasteiger partial charge in [-0.05, 0) is 51.3 Å². The van der Waals surface area contributed by atoms with Crippen LogP contribution in [0.4, 0.5) is 0 Å². The second-order valence-corrected chi connectivity index (χ2v) is 5.60. The highest BCUT2D eigenvalue weighted by Crippen LogP contribution is 2.34. The number of fused-ring (bicyclic) bond motifs is 1. The van der Waals surface area contributed by atoms with E-state index in [4.69, 9.17) is 4.42 Å². The van der Waals surface area contributed by atoms with Crippen molar-refractivity contribution in [1.82, 2.24) is 4.57 Å². The van der Waals surface area contributed by atoms with Crippen molar-refractivity contribution in [3.63, 3.8) is 0 Å². The normalized spacial score (nSPS) is 20.3. The molecular formula is C16H21NO2. The number of rotatable bonds is 3. The fraction of sp³-hybridized carbons (Fsp3) is 0.500. The molecule has 0 fully saturated rings. The third-order valence-electron chi connectivity index (χ3n) is 4.14. The summed E-state index contributed by atoms with van der Waals surface area (Å²) in [6.07, 6.45) is 5.38. The lowest BCUT2D eigenvalue weighted by Gasteiger charge is -2.24. The fourth-order valence-corrected chi connectivity index (χ4v) is 3.33. The van der Waals surface area contributed by atoms with Gasteiger partial charge in [-0.1, -0.05) is 0 Å². The van der Waals surface area contributed by atoms with Gasteiger partial charge in [0.1, 0.15) is 5.76 Å². The van der Waals surface area contributed by atoms with Crippen molar-refractivity contribution < 1.29 is 9.52 Å². The Labute approximate surface area is 113 Å². The highest BCUT2D eigenvalue weighted by atomic mass is 16.3. The van der Waals surface area contributed by atoms with Crippen LogP contribution >= 0.6 is 0 Å². The lowest BCUT2D eigenvalue weighted by Crippen LogP contribution is -2.16. The molecule has 2 atom stereocenters. The lowest BCUT2D eigenvalue weighted by atomic mass is 9.95. The van der Waals surface area contributed by atoms with Crippen LogP contribution in [0.15, 0.2) is 28.9 Å². The van der Waals surface area contributed by atoms with Crippen molar-refractivity contribution in [2.24, 2.45) is 0 Å². The van der Waals surface area contributed by atoms with Gasteiger partial charge < -0.3 is 14.1 Å². The summed E-state index contributed by atoms with van der Waals surface area (Å²) >= 11 is 0. The molecule has 0 radical (unpaired) electrons. The summed E-state index contributed by atoms with van der Waals surface area (Å²) in [5.41, 5.74) is 3.69. The number of hydrogen-bond acceptors (Lipinski definition) is 2. The van der Waals surface area contributed by atoms with Gasteiger partial charge in [-0.3, -0.25) is 0 Å². The smallest absolute Gasteiger partial charge is 0.105 e. The Morgan fingerprint density at radius 3 is 3.11 bits per heavy atom. The molecule has 2 aromatic heterocycles. The minimum Gasteiger partial charge on any atom is -0.469 e. The first-order valence-corrected chi connectivity index (χ1v) is 7.08. The predicted octanol–water partition coefficient (Wildman–Crippen LogP) is 3.56. The third kappa shape index (κ3) is 2.23. The van der Waals surface area contributed by atoms with E-state index in [1.54, 1.807) is 6.26 Å². The van der Waals surface area contributed by atoms with Crippen LogP contribution in [0.25, 0.3) is 0 Å². The molecule has 19 heavy (non-hydrogen) atoms. The second-order valence-electron chi connectivity index (χ2n) is 5.60. The molecule has 102 valence electrons. The summed E-state index contributed by atoms with van der Waals surface area (Å²) < 4.78 is 7.82. The van der Waals surface area contributed by atoms with Crippen molar-refractivity contribution in [2.45, 2.75) is 51.7 Å². The number of hydrogen-bond donors (Lipinski definition) is 1. The molecule has 2 heterocycles. The van der Waals surface area contributed by atoms with Crippen molar-refractivity contribution in [1.29, 1.82) is 0 Å². The largest absolute Gasteiger partial charge is 0.469 e. The molecule has 0 amide bonds. The first-order chi connectivity index (χ1) is 9.16. The summed E-state index contributed by atoms with van der Waals surface area (Å²) in [4.78, 5) is 0. The Bertz CT molecular complexity index is 554. The maximum Gasteiger partial charge on any atom is 0.105 e. The van der Waals surface area contributed by atoms with Crippen LogP contribution in [0.3, 0.4) is 0 Å². The first-order valence-electron chi connectivity index (χ1n) is 7.08. The number of aromatic nitrogens is 1. The number of aliphatic hydroxyl groups is 1. The van der Waals surface area contributed by atoms with Gasteiger partial charge in [0.2, 0.25) is 0 Å². The highest BCUT2D eigenvalue weighted by molar-refractivity contribution is 5.32. The monoisotopic (exact) mass is 259 g/mol. The molecule has 1 aliphatic carbocycles. The van der Waals surface area contributed by atoms with E-state index in [-0.39, 0.29) is 6.10 Å². The number of aliphatic hydroxyl groups excluding tert-OH is 1. The van der Waals surface area contributed by atoms with Gasteiger partial charge in [-0.25, -0.2) is 0 Å². The van der Waals surface area contributed by atoms with Gasteiger partial charge >= 0.3 is 0 Å². The van der Waals surface area contributed by atoms with E-state index in [2.05, 4.69) is 24.5 Å². The summed E-state index contributed by atoms with van der Waals surface area (Å²) in [6, 6.07) is 6.47. The zero-order chi connectivity index (χ0) is 13.4. The van der Waals surface area contributed by atoms with Crippen molar-refractivity contribution in [3.05, 3.63) is 47.2 Å². The minimum absolute atomic E-state index is 0.278. The SMILES string of the molecule is Cc1cc2c(n1C(C)Cc1ccco1)CCCC2O. The maximum absolute atomic E-state index is 10.1. The Morgan fingerprint density at radius 1 is 1.53 bits per heavy atom. The van der Waals surface area contributed by atoms with Crippen LogP contribution < -0.4 is 0 Å². The Kier molecular flexibility index (Phi) is 3.23. The average molecular weight is 259 g/mol. The van der Waals surface area contributed by atoms with E-state index in [0.717, 1.165) is 37.0 Å². The number of nitrogens with zero attached hydrogens (tertiary/aromatic N) is 1. The number of furan rings is 1. The standard InChI is InChI=1S/C16H21NO2/c1-11(9-13-5-4-8-19-13)17-12(2)10-14-15(17)6-3-7-16(14)18/h4-5,8,10-11,16,18H,3,6-7,9H2,1-2H3. The van der Waals surface area contributed by atoms with Gasteiger partial charge in [0, 0.05) is 29.4 Å². The molecule has 0 saturated heterocycles. The molecule has 0 aromatic carbocycles. The quantitative estimate of drug-likeness (QED) is 0.915. The molecule has 2 unspecified atom stereocenters. The van der Waals surface area contributed by atoms with Crippen LogP contribution in [-0.4, -0.2) is 9.67 Å². The molecule has 3 nitrogen and oxygen atoms in total. The van der Waals surface area contributed by atoms with Crippen molar-refractivity contribution >= 4 is 0 Å². The summed E-state index contributed by atoms with van der Waals surface area (Å²) in [5.74, 6) is 1.02. The third-order valence-corrected chi connectivity index (χ3v) is 4.14. The van der Waals surface area contributed by atoms with E-state index in [9.17, 15) is 5.11 Å². The molecule has 2 aromatic rings. The first kappa shape index (κ1) is 12.5. The van der Waals surface area contributed by atoms with E-state index >= 15 is 0 Å². The fourth-order valence-electron chi connectivity index (χ4n) is 3.33. The summed E-state index contributed by atoms with van der Waals surface area (Å²) in [7, 11) is 0. The summed E-state index contributed by atoms with van der Waals surface area (Å²) in [6.45, 7) is 4.35. The molecular weight excluding hydrogens is 238 g/mol. The Hall–Kier alpha value is -1.48.